The molecule has 0 saturated carbocycles. The van der Waals surface area contributed by atoms with Gasteiger partial charge in [-0.1, -0.05) is 11.2 Å². The van der Waals surface area contributed by atoms with E-state index in [9.17, 15) is 38.4 Å². The number of amides is 6. The molecule has 28 heteroatoms. The molecular formula is C50H73N18O9S+. The number of Topliss-reactive ketones (excluding diaryl/α,β-unsaturated/α-hetero) is 2. The van der Waals surface area contributed by atoms with Gasteiger partial charge in [-0.05, 0) is 87.8 Å². The molecule has 0 radical (unpaired) electrons. The number of aromatic nitrogens is 5. The quantitative estimate of drug-likeness (QED) is 0.0129. The van der Waals surface area contributed by atoms with Gasteiger partial charge in [-0.15, -0.1) is 11.3 Å². The van der Waals surface area contributed by atoms with E-state index < -0.39 is 41.8 Å². The lowest BCUT2D eigenvalue weighted by Gasteiger charge is -2.37. The minimum atomic E-state index is -0.971. The fourth-order valence-corrected chi connectivity index (χ4v) is 10.0. The maximum Gasteiger partial charge on any atom is 0.245 e. The smallest absolute Gasteiger partial charge is 0.245 e. The van der Waals surface area contributed by atoms with Crippen molar-refractivity contribution in [2.75, 3.05) is 66.5 Å². The number of fused-ring (bicyclic) bond motifs is 1. The van der Waals surface area contributed by atoms with Crippen LogP contribution in [0.15, 0.2) is 50.6 Å². The van der Waals surface area contributed by atoms with E-state index in [1.807, 2.05) is 18.2 Å². The monoisotopic (exact) mass is 1100 g/mol. The summed E-state index contributed by atoms with van der Waals surface area (Å²) >= 11 is 1.20. The van der Waals surface area contributed by atoms with Crippen LogP contribution in [-0.4, -0.2) is 189 Å². The summed E-state index contributed by atoms with van der Waals surface area (Å²) in [5, 5.41) is 16.7. The van der Waals surface area contributed by atoms with E-state index in [-0.39, 0.29) is 85.5 Å². The number of piperidine rings is 2. The second-order valence-corrected chi connectivity index (χ2v) is 21.2. The maximum atomic E-state index is 13.1. The topological polar surface area (TPSA) is 400 Å². The highest BCUT2D eigenvalue weighted by molar-refractivity contribution is 7.11. The molecule has 7 rings (SSSR count). The summed E-state index contributed by atoms with van der Waals surface area (Å²) in [6.45, 7) is 4.63. The first-order valence-corrected chi connectivity index (χ1v) is 27.0. The van der Waals surface area contributed by atoms with E-state index in [2.05, 4.69) is 70.4 Å². The summed E-state index contributed by atoms with van der Waals surface area (Å²) in [6.07, 6.45) is 9.61. The lowest BCUT2D eigenvalue weighted by atomic mass is 9.91. The average Bonchev–Trinajstić information content (AvgIpc) is 4.25. The average molecular weight is 1100 g/mol. The molecule has 3 aromatic heterocycles. The number of thiazole rings is 1. The molecule has 78 heavy (non-hydrogen) atoms. The van der Waals surface area contributed by atoms with Crippen LogP contribution in [0.4, 0.5) is 0 Å². The van der Waals surface area contributed by atoms with Crippen LogP contribution in [0, 0.1) is 12.8 Å². The number of nitrogens with zero attached hydrogens (tertiary/aromatic N) is 9. The lowest BCUT2D eigenvalue weighted by molar-refractivity contribution is -0.896. The van der Waals surface area contributed by atoms with Gasteiger partial charge in [0.25, 0.3) is 0 Å². The molecule has 422 valence electrons. The zero-order valence-electron chi connectivity index (χ0n) is 44.4. The summed E-state index contributed by atoms with van der Waals surface area (Å²) in [6, 6.07) is 2.33. The number of likely N-dealkylation sites (tertiary alicyclic amines) is 3. The number of rotatable bonds is 25. The molecular weight excluding hydrogens is 1030 g/mol. The Morgan fingerprint density at radius 3 is 2.03 bits per heavy atom. The number of aromatic amines is 1. The van der Waals surface area contributed by atoms with Crippen LogP contribution in [0.25, 0.3) is 11.0 Å². The zero-order chi connectivity index (χ0) is 56.4. The number of H-pyrrole nitrogens is 1. The highest BCUT2D eigenvalue weighted by Crippen LogP contribution is 2.25. The van der Waals surface area contributed by atoms with Gasteiger partial charge in [-0.25, -0.2) is 9.97 Å². The molecule has 3 fully saturated rings. The Labute approximate surface area is 455 Å². The number of quaternary nitrogens is 1. The van der Waals surface area contributed by atoms with Crippen molar-refractivity contribution in [2.24, 2.45) is 38.8 Å². The highest BCUT2D eigenvalue weighted by atomic mass is 32.1. The third kappa shape index (κ3) is 18.4. The van der Waals surface area contributed by atoms with Crippen LogP contribution in [-0.2, 0) is 35.2 Å². The summed E-state index contributed by atoms with van der Waals surface area (Å²) < 4.78 is 5.92. The molecule has 0 unspecified atom stereocenters. The van der Waals surface area contributed by atoms with Crippen molar-refractivity contribution in [1.82, 2.24) is 56.2 Å². The van der Waals surface area contributed by atoms with E-state index >= 15 is 0 Å². The molecule has 0 spiro atoms. The molecule has 3 aliphatic heterocycles. The van der Waals surface area contributed by atoms with Crippen LogP contribution in [0.2, 0.25) is 0 Å². The molecule has 0 aliphatic carbocycles. The van der Waals surface area contributed by atoms with Crippen LogP contribution < -0.4 is 44.2 Å². The first-order valence-electron chi connectivity index (χ1n) is 26.1. The van der Waals surface area contributed by atoms with E-state index in [1.54, 1.807) is 18.6 Å². The number of aliphatic imine (C=N–C) groups is 2. The molecule has 27 nitrogen and oxygen atoms in total. The number of hydrogen-bond donors (Lipinski definition) is 9. The molecule has 4 aromatic rings. The van der Waals surface area contributed by atoms with Crippen molar-refractivity contribution in [2.45, 2.75) is 108 Å². The highest BCUT2D eigenvalue weighted by Gasteiger charge is 2.36. The molecule has 13 N–H and O–H groups in total. The number of nitrogens with two attached hydrogens (primary N) is 4. The third-order valence-corrected chi connectivity index (χ3v) is 14.5. The van der Waals surface area contributed by atoms with Crippen LogP contribution in [0.5, 0.6) is 0 Å². The van der Waals surface area contributed by atoms with E-state index in [1.165, 1.54) is 27.3 Å². The van der Waals surface area contributed by atoms with Crippen molar-refractivity contribution in [3.63, 3.8) is 0 Å². The summed E-state index contributed by atoms with van der Waals surface area (Å²) in [5.41, 5.74) is 23.8. The Hall–Kier alpha value is -7.88. The molecule has 6 heterocycles. The standard InChI is InChI=1S/C25H32N10O5.C25H40N8O4S/c1-14-31-23(34-40-14)22(38)17(4-2-8-28-25(26)27)32-21(37)12-35-9-3-5-18(24(35)39)33-20(36)11-15-6-7-16-19(10-15)30-13-29-16;1-33(2)13-8-17(9-14-33)5-6-20(34)31-19-7-12-32(24(19)37)16-21(35)30-18(4-3-10-29-25(26)27)22(36)23-28-11-15-38-23/h6-7,10,13,17-18H,2-5,8-9,11-12H2,1H3,(H,29,30)(H,32,37)(H,33,36)(H4,26,27,28);11,15,17-19H,3-10,12-14,16H2,1-2H3,(H5-,26,27,29,30,31,34,35)/p+1/t17-,18-;18-,19-/m00/s1. The molecule has 1 aromatic carbocycles. The number of nitrogens with one attached hydrogen (secondary N) is 5. The number of aryl methyl sites for hydroxylation is 1. The van der Waals surface area contributed by atoms with Crippen molar-refractivity contribution in [3.8, 4) is 0 Å². The van der Waals surface area contributed by atoms with E-state index in [4.69, 9.17) is 27.5 Å². The number of benzene rings is 1. The number of hydrogen-bond acceptors (Lipinski definition) is 16. The number of ketones is 2. The van der Waals surface area contributed by atoms with Gasteiger partial charge in [0.15, 0.2) is 16.9 Å². The number of carbonyl (C=O) groups excluding carboxylic acids is 8. The molecule has 3 saturated heterocycles. The molecule has 4 atom stereocenters. The third-order valence-electron chi connectivity index (χ3n) is 13.7. The van der Waals surface area contributed by atoms with Crippen molar-refractivity contribution >= 4 is 81.3 Å². The van der Waals surface area contributed by atoms with Crippen molar-refractivity contribution in [3.05, 3.63) is 58.4 Å². The second kappa shape index (κ2) is 28.5. The molecule has 0 bridgehead atoms. The fourth-order valence-electron chi connectivity index (χ4n) is 9.42. The van der Waals surface area contributed by atoms with Gasteiger partial charge >= 0.3 is 0 Å². The predicted molar refractivity (Wildman–Crippen MR) is 288 cm³/mol. The minimum Gasteiger partial charge on any atom is -0.370 e. The first-order chi connectivity index (χ1) is 37.2. The van der Waals surface area contributed by atoms with Crippen LogP contribution in [0.3, 0.4) is 0 Å². The Bertz CT molecular complexity index is 2780. The Balaban J connectivity index is 0.000000253. The van der Waals surface area contributed by atoms with Gasteiger partial charge in [-0.3, -0.25) is 48.3 Å². The Kier molecular flexibility index (Phi) is 21.7. The summed E-state index contributed by atoms with van der Waals surface area (Å²) in [5.74, 6) is -2.38. The minimum absolute atomic E-state index is 0.0385. The van der Waals surface area contributed by atoms with Crippen molar-refractivity contribution < 1.29 is 47.4 Å². The summed E-state index contributed by atoms with van der Waals surface area (Å²) in [4.78, 5) is 128. The van der Waals surface area contributed by atoms with Crippen LogP contribution >= 0.6 is 11.3 Å². The van der Waals surface area contributed by atoms with Crippen molar-refractivity contribution in [1.29, 1.82) is 0 Å². The van der Waals surface area contributed by atoms with Gasteiger partial charge in [0, 0.05) is 51.1 Å². The van der Waals surface area contributed by atoms with Gasteiger partial charge in [-0.2, -0.15) is 4.98 Å². The normalized spacial score (nSPS) is 18.0. The van der Waals surface area contributed by atoms with Crippen LogP contribution in [0.1, 0.15) is 103 Å². The van der Waals surface area contributed by atoms with Gasteiger partial charge in [0.05, 0.1) is 76.1 Å². The summed E-state index contributed by atoms with van der Waals surface area (Å²) in [7, 11) is 4.46. The Morgan fingerprint density at radius 2 is 1.42 bits per heavy atom. The largest absolute Gasteiger partial charge is 0.370 e. The first kappa shape index (κ1) is 59.4. The molecule has 3 aliphatic rings. The van der Waals surface area contributed by atoms with E-state index in [0.717, 1.165) is 53.4 Å². The Morgan fingerprint density at radius 1 is 0.808 bits per heavy atom. The second-order valence-electron chi connectivity index (χ2n) is 20.3. The molecule has 6 amide bonds. The predicted octanol–water partition coefficient (Wildman–Crippen LogP) is -0.827. The van der Waals surface area contributed by atoms with Gasteiger partial charge in [0.1, 0.15) is 12.1 Å². The zero-order valence-corrected chi connectivity index (χ0v) is 45.2. The van der Waals surface area contributed by atoms with E-state index in [0.29, 0.717) is 75.5 Å². The number of guanidine groups is 2. The van der Waals surface area contributed by atoms with Gasteiger partial charge in [0.2, 0.25) is 58.7 Å². The lowest BCUT2D eigenvalue weighted by Crippen LogP contribution is -2.55. The SMILES string of the molecule is C[N+]1(C)CCC(CCC(=O)N[C@H]2CCN(CC(=O)N[C@@H](CCCN=C(N)N)C(=O)c3nccs3)C2=O)CC1.Cc1nc(C(=O)[C@H](CCCN=C(N)N)NC(=O)CN2CCC[C@H](NC(=O)Cc3ccc4nc[nH]c4c3)C2=O)no1. The fraction of sp³-hybridized carbons (Fsp3) is 0.560. The number of imidazole rings is 1. The number of carbonyl (C=O) groups is 8. The van der Waals surface area contributed by atoms with Gasteiger partial charge < -0.3 is 68.0 Å². The maximum absolute atomic E-state index is 13.1.